The fourth-order valence-electron chi connectivity index (χ4n) is 2.45. The maximum atomic E-state index is 11.0. The third-order valence-electron chi connectivity index (χ3n) is 3.35. The van der Waals surface area contributed by atoms with Gasteiger partial charge in [-0.05, 0) is 47.4 Å². The lowest BCUT2D eigenvalue weighted by Crippen LogP contribution is -2.16. The van der Waals surface area contributed by atoms with Crippen molar-refractivity contribution in [1.29, 1.82) is 0 Å². The van der Waals surface area contributed by atoms with Crippen molar-refractivity contribution in [2.45, 2.75) is 25.4 Å². The van der Waals surface area contributed by atoms with Crippen molar-refractivity contribution in [1.82, 2.24) is 9.97 Å². The molecule has 0 aromatic carbocycles. The number of nitrogens with zero attached hydrogens (tertiary/aromatic N) is 3. The van der Waals surface area contributed by atoms with Gasteiger partial charge < -0.3 is 14.9 Å². The molecule has 0 aliphatic heterocycles. The lowest BCUT2D eigenvalue weighted by Gasteiger charge is -2.25. The first-order chi connectivity index (χ1) is 9.75. The van der Waals surface area contributed by atoms with Crippen LogP contribution in [-0.2, 0) is 6.42 Å². The normalized spacial score (nSPS) is 17.3. The first-order valence-corrected chi connectivity index (χ1v) is 6.45. The molecule has 6 nitrogen and oxygen atoms in total. The predicted octanol–water partition coefficient (Wildman–Crippen LogP) is 2.84. The van der Waals surface area contributed by atoms with Gasteiger partial charge in [-0.2, -0.15) is 0 Å². The van der Waals surface area contributed by atoms with E-state index in [1.807, 2.05) is 12.1 Å². The highest BCUT2D eigenvalue weighted by molar-refractivity contribution is 5.39. The molecule has 1 aliphatic carbocycles. The van der Waals surface area contributed by atoms with Crippen LogP contribution in [0.15, 0.2) is 36.7 Å². The average Bonchev–Trinajstić information content (AvgIpc) is 2.48. The molecule has 2 aromatic heterocycles. The van der Waals surface area contributed by atoms with Crippen LogP contribution in [0.3, 0.4) is 0 Å². The summed E-state index contributed by atoms with van der Waals surface area (Å²) in [7, 11) is 0. The Hall–Kier alpha value is -2.50. The molecule has 0 fully saturated rings. The van der Waals surface area contributed by atoms with Gasteiger partial charge in [0.25, 0.3) is 0 Å². The Morgan fingerprint density at radius 3 is 2.90 bits per heavy atom. The zero-order valence-electron chi connectivity index (χ0n) is 10.7. The third kappa shape index (κ3) is 2.32. The van der Waals surface area contributed by atoms with Gasteiger partial charge in [0.05, 0.1) is 0 Å². The molecule has 6 heteroatoms. The Morgan fingerprint density at radius 1 is 1.25 bits per heavy atom. The summed E-state index contributed by atoms with van der Waals surface area (Å²) in [5.41, 5.74) is 2.02. The van der Waals surface area contributed by atoms with Gasteiger partial charge in [0.1, 0.15) is 12.3 Å². The zero-order chi connectivity index (χ0) is 13.9. The molecule has 0 saturated carbocycles. The molecular weight excluding hydrogens is 258 g/mol. The number of pyridine rings is 2. The van der Waals surface area contributed by atoms with Crippen molar-refractivity contribution in [3.8, 4) is 5.75 Å². The minimum atomic E-state index is -0.525. The van der Waals surface area contributed by atoms with E-state index in [1.165, 1.54) is 6.20 Å². The molecule has 0 bridgehead atoms. The minimum absolute atomic E-state index is 0.199. The topological polar surface area (TPSA) is 78.2 Å². The second-order valence-electron chi connectivity index (χ2n) is 4.62. The van der Waals surface area contributed by atoms with Crippen LogP contribution >= 0.6 is 0 Å². The Bertz CT molecular complexity index is 645. The number of hydrogen-bond acceptors (Lipinski definition) is 5. The number of hydrogen-bond donors (Lipinski definition) is 0. The second kappa shape index (κ2) is 5.24. The van der Waals surface area contributed by atoms with Crippen molar-refractivity contribution < 1.29 is 9.66 Å². The Labute approximate surface area is 115 Å². The van der Waals surface area contributed by atoms with Crippen molar-refractivity contribution in [2.75, 3.05) is 0 Å². The van der Waals surface area contributed by atoms with Crippen molar-refractivity contribution in [2.24, 2.45) is 0 Å². The van der Waals surface area contributed by atoms with Crippen molar-refractivity contribution >= 4 is 5.82 Å². The molecule has 3 rings (SSSR count). The molecule has 2 aromatic rings. The highest BCUT2D eigenvalue weighted by Gasteiger charge is 2.25. The first kappa shape index (κ1) is 12.5. The van der Waals surface area contributed by atoms with Crippen molar-refractivity contribution in [3.05, 3.63) is 58.0 Å². The van der Waals surface area contributed by atoms with Crippen LogP contribution in [0.25, 0.3) is 0 Å². The molecule has 20 heavy (non-hydrogen) atoms. The van der Waals surface area contributed by atoms with Gasteiger partial charge in [-0.1, -0.05) is 6.07 Å². The van der Waals surface area contributed by atoms with E-state index in [0.29, 0.717) is 0 Å². The van der Waals surface area contributed by atoms with E-state index in [-0.39, 0.29) is 17.7 Å². The molecule has 1 unspecified atom stereocenters. The van der Waals surface area contributed by atoms with Gasteiger partial charge in [0.15, 0.2) is 0 Å². The number of aryl methyl sites for hydroxylation is 1. The Balaban J connectivity index is 1.92. The molecule has 2 heterocycles. The SMILES string of the molecule is O=[N+]([O-])c1ncccc1OC1CCCc2ncccc21. The summed E-state index contributed by atoms with van der Waals surface area (Å²) in [5, 5.41) is 11.0. The molecule has 0 spiro atoms. The molecule has 0 amide bonds. The molecule has 0 N–H and O–H groups in total. The van der Waals surface area contributed by atoms with Gasteiger partial charge in [-0.3, -0.25) is 4.98 Å². The lowest BCUT2D eigenvalue weighted by molar-refractivity contribution is -0.390. The van der Waals surface area contributed by atoms with E-state index in [1.54, 1.807) is 18.3 Å². The fourth-order valence-corrected chi connectivity index (χ4v) is 2.45. The summed E-state index contributed by atoms with van der Waals surface area (Å²) in [4.78, 5) is 18.5. The van der Waals surface area contributed by atoms with Gasteiger partial charge in [-0.15, -0.1) is 0 Å². The number of rotatable bonds is 3. The molecule has 102 valence electrons. The predicted molar refractivity (Wildman–Crippen MR) is 71.4 cm³/mol. The van der Waals surface area contributed by atoms with Gasteiger partial charge >= 0.3 is 5.82 Å². The molecule has 0 radical (unpaired) electrons. The van der Waals surface area contributed by atoms with Crippen LogP contribution < -0.4 is 4.74 Å². The van der Waals surface area contributed by atoms with E-state index in [4.69, 9.17) is 4.74 Å². The van der Waals surface area contributed by atoms with Crippen LogP contribution in [0.2, 0.25) is 0 Å². The smallest absolute Gasteiger partial charge is 0.406 e. The van der Waals surface area contributed by atoms with Gasteiger partial charge in [0, 0.05) is 17.5 Å². The number of aromatic nitrogens is 2. The Kier molecular flexibility index (Phi) is 3.28. The second-order valence-corrected chi connectivity index (χ2v) is 4.62. The number of fused-ring (bicyclic) bond motifs is 1. The fraction of sp³-hybridized carbons (Fsp3) is 0.286. The van der Waals surface area contributed by atoms with E-state index >= 15 is 0 Å². The largest absolute Gasteiger partial charge is 0.477 e. The van der Waals surface area contributed by atoms with E-state index in [9.17, 15) is 10.1 Å². The highest BCUT2D eigenvalue weighted by Crippen LogP contribution is 2.35. The summed E-state index contributed by atoms with van der Waals surface area (Å²) >= 11 is 0. The summed E-state index contributed by atoms with van der Waals surface area (Å²) < 4.78 is 5.83. The van der Waals surface area contributed by atoms with Crippen LogP contribution in [0.5, 0.6) is 5.75 Å². The molecule has 0 saturated heterocycles. The molecule has 1 atom stereocenters. The van der Waals surface area contributed by atoms with Crippen molar-refractivity contribution in [3.63, 3.8) is 0 Å². The van der Waals surface area contributed by atoms with E-state index in [2.05, 4.69) is 9.97 Å². The number of nitro groups is 1. The standard InChI is InChI=1S/C14H13N3O3/c18-17(19)14-13(7-3-9-16-14)20-12-6-1-5-11-10(12)4-2-8-15-11/h2-4,7-9,12H,1,5-6H2. The zero-order valence-corrected chi connectivity index (χ0v) is 10.7. The van der Waals surface area contributed by atoms with E-state index < -0.39 is 4.92 Å². The van der Waals surface area contributed by atoms with Crippen LogP contribution in [-0.4, -0.2) is 14.9 Å². The van der Waals surface area contributed by atoms with Gasteiger partial charge in [0.2, 0.25) is 5.75 Å². The summed E-state index contributed by atoms with van der Waals surface area (Å²) in [5.74, 6) is -0.0392. The van der Waals surface area contributed by atoms with Gasteiger partial charge in [-0.25, -0.2) is 0 Å². The van der Waals surface area contributed by atoms with Crippen LogP contribution in [0, 0.1) is 10.1 Å². The molecular formula is C14H13N3O3. The lowest BCUT2D eigenvalue weighted by atomic mass is 9.93. The third-order valence-corrected chi connectivity index (χ3v) is 3.35. The maximum absolute atomic E-state index is 11.0. The summed E-state index contributed by atoms with van der Waals surface area (Å²) in [6.45, 7) is 0. The maximum Gasteiger partial charge on any atom is 0.406 e. The monoisotopic (exact) mass is 271 g/mol. The van der Waals surface area contributed by atoms with Crippen LogP contribution in [0.1, 0.15) is 30.2 Å². The summed E-state index contributed by atoms with van der Waals surface area (Å²) in [6, 6.07) is 7.04. The first-order valence-electron chi connectivity index (χ1n) is 6.45. The summed E-state index contributed by atoms with van der Waals surface area (Å²) in [6.07, 6.45) is 5.66. The highest BCUT2D eigenvalue weighted by atomic mass is 16.6. The van der Waals surface area contributed by atoms with E-state index in [0.717, 1.165) is 30.5 Å². The van der Waals surface area contributed by atoms with Crippen LogP contribution in [0.4, 0.5) is 5.82 Å². The average molecular weight is 271 g/mol. The Morgan fingerprint density at radius 2 is 2.05 bits per heavy atom. The quantitative estimate of drug-likeness (QED) is 0.633. The minimum Gasteiger partial charge on any atom is -0.477 e. The number of ether oxygens (including phenoxy) is 1. The molecule has 1 aliphatic rings.